The average Bonchev–Trinajstić information content (AvgIpc) is 3.79. The Balaban J connectivity index is 0.000000177. The molecule has 0 saturated heterocycles. The zero-order valence-electron chi connectivity index (χ0n) is 30.7. The number of esters is 2. The molecule has 8 rings (SSSR count). The predicted molar refractivity (Wildman–Crippen MR) is 242 cm³/mol. The van der Waals surface area contributed by atoms with Crippen LogP contribution in [-0.4, -0.2) is 43.9 Å². The van der Waals surface area contributed by atoms with Crippen LogP contribution in [0.5, 0.6) is 0 Å². The average molecular weight is 983 g/mol. The summed E-state index contributed by atoms with van der Waals surface area (Å²) in [5.41, 5.74) is 8.61. The van der Waals surface area contributed by atoms with Crippen LogP contribution in [-0.2, 0) is 9.47 Å². The minimum Gasteiger partial charge on any atom is -0.462 e. The Labute approximate surface area is 372 Å². The molecular formula is C44H30Cl5IN4O4. The number of carbonyl (C=O) groups excluding carboxylic acids is 2. The van der Waals surface area contributed by atoms with E-state index in [9.17, 15) is 9.59 Å². The molecule has 0 aliphatic rings. The molecule has 292 valence electrons. The van der Waals surface area contributed by atoms with Crippen LogP contribution in [0.2, 0.25) is 25.1 Å². The summed E-state index contributed by atoms with van der Waals surface area (Å²) in [5.74, 6) is -0.824. The SMILES string of the molecule is CCOC(=O)c1cc(Cl)c2nc(-c3ccccc3)c(-c3ccc(Cl)cc3Cl)n2c1.CCOC(=O)c1cc(I)c2nc(-c3ccc(Cl)cc3)c(-c3ccc(Cl)cc3)n2c1. The predicted octanol–water partition coefficient (Wildman–Crippen LogP) is 13.6. The molecule has 0 N–H and O–H groups in total. The second-order valence-corrected chi connectivity index (χ2v) is 15.9. The molecule has 0 bridgehead atoms. The van der Waals surface area contributed by atoms with Gasteiger partial charge in [-0.05, 0) is 91.0 Å². The lowest BCUT2D eigenvalue weighted by Crippen LogP contribution is -2.07. The fourth-order valence-electron chi connectivity index (χ4n) is 6.29. The Morgan fingerprint density at radius 1 is 0.569 bits per heavy atom. The van der Waals surface area contributed by atoms with Crippen molar-refractivity contribution in [3.05, 3.63) is 161 Å². The molecular weight excluding hydrogens is 953 g/mol. The first-order chi connectivity index (χ1) is 28.0. The van der Waals surface area contributed by atoms with Gasteiger partial charge in [0.1, 0.15) is 0 Å². The summed E-state index contributed by atoms with van der Waals surface area (Å²) in [4.78, 5) is 34.3. The molecule has 0 amide bonds. The van der Waals surface area contributed by atoms with E-state index in [1.165, 1.54) is 0 Å². The Kier molecular flexibility index (Phi) is 13.0. The summed E-state index contributed by atoms with van der Waals surface area (Å²) in [7, 11) is 0. The first-order valence-corrected chi connectivity index (χ1v) is 20.7. The number of fused-ring (bicyclic) bond motifs is 2. The number of imidazole rings is 2. The van der Waals surface area contributed by atoms with E-state index in [1.54, 1.807) is 54.9 Å². The topological polar surface area (TPSA) is 87.2 Å². The van der Waals surface area contributed by atoms with E-state index in [-0.39, 0.29) is 12.6 Å². The minimum absolute atomic E-state index is 0.267. The van der Waals surface area contributed by atoms with Crippen molar-refractivity contribution in [3.63, 3.8) is 0 Å². The van der Waals surface area contributed by atoms with E-state index in [1.807, 2.05) is 89.3 Å². The summed E-state index contributed by atoms with van der Waals surface area (Å²) >= 11 is 33.5. The fourth-order valence-corrected chi connectivity index (χ4v) is 8.01. The van der Waals surface area contributed by atoms with Gasteiger partial charge < -0.3 is 9.47 Å². The van der Waals surface area contributed by atoms with Crippen LogP contribution >= 0.6 is 80.6 Å². The summed E-state index contributed by atoms with van der Waals surface area (Å²) in [6.45, 7) is 4.12. The lowest BCUT2D eigenvalue weighted by atomic mass is 10.0. The van der Waals surface area contributed by atoms with Crippen LogP contribution in [0.25, 0.3) is 56.3 Å². The lowest BCUT2D eigenvalue weighted by Gasteiger charge is -2.10. The molecule has 4 aromatic heterocycles. The van der Waals surface area contributed by atoms with Gasteiger partial charge in [0.05, 0.1) is 60.7 Å². The van der Waals surface area contributed by atoms with Gasteiger partial charge in [0, 0.05) is 49.7 Å². The number of aromatic nitrogens is 4. The third-order valence-electron chi connectivity index (χ3n) is 8.84. The Morgan fingerprint density at radius 2 is 1.07 bits per heavy atom. The summed E-state index contributed by atoms with van der Waals surface area (Å²) in [5, 5.41) is 2.64. The third-order valence-corrected chi connectivity index (χ3v) is 11.0. The summed E-state index contributed by atoms with van der Waals surface area (Å²) in [6.07, 6.45) is 3.44. The highest BCUT2D eigenvalue weighted by Gasteiger charge is 2.23. The van der Waals surface area contributed by atoms with E-state index >= 15 is 0 Å². The largest absolute Gasteiger partial charge is 0.462 e. The van der Waals surface area contributed by atoms with Gasteiger partial charge in [0.2, 0.25) is 0 Å². The van der Waals surface area contributed by atoms with Crippen LogP contribution in [0.15, 0.2) is 122 Å². The Morgan fingerprint density at radius 3 is 1.66 bits per heavy atom. The highest BCUT2D eigenvalue weighted by Crippen LogP contribution is 2.40. The number of rotatable bonds is 8. The summed E-state index contributed by atoms with van der Waals surface area (Å²) in [6, 6.07) is 33.4. The van der Waals surface area contributed by atoms with Gasteiger partial charge in [-0.3, -0.25) is 8.80 Å². The molecule has 0 aliphatic heterocycles. The van der Waals surface area contributed by atoms with Gasteiger partial charge in [-0.25, -0.2) is 19.6 Å². The number of halogens is 6. The second-order valence-electron chi connectivity index (χ2n) is 12.6. The summed E-state index contributed by atoms with van der Waals surface area (Å²) < 4.78 is 14.9. The van der Waals surface area contributed by atoms with Crippen LogP contribution in [0.1, 0.15) is 34.6 Å². The molecule has 8 nitrogen and oxygen atoms in total. The zero-order valence-corrected chi connectivity index (χ0v) is 36.6. The smallest absolute Gasteiger partial charge is 0.339 e. The molecule has 14 heteroatoms. The van der Waals surface area contributed by atoms with E-state index in [0.29, 0.717) is 59.9 Å². The van der Waals surface area contributed by atoms with Gasteiger partial charge in [-0.2, -0.15) is 0 Å². The minimum atomic E-state index is -0.459. The molecule has 0 fully saturated rings. The maximum atomic E-state index is 12.4. The second kappa shape index (κ2) is 18.1. The number of pyridine rings is 2. The third kappa shape index (κ3) is 8.71. The molecule has 0 unspecified atom stereocenters. The molecule has 0 radical (unpaired) electrons. The van der Waals surface area contributed by atoms with Crippen molar-refractivity contribution in [2.75, 3.05) is 13.2 Å². The molecule has 0 aliphatic carbocycles. The van der Waals surface area contributed by atoms with Gasteiger partial charge >= 0.3 is 11.9 Å². The number of hydrogen-bond acceptors (Lipinski definition) is 6. The van der Waals surface area contributed by atoms with Gasteiger partial charge in [0.15, 0.2) is 11.3 Å². The molecule has 8 aromatic rings. The van der Waals surface area contributed by atoms with Gasteiger partial charge in [0.25, 0.3) is 0 Å². The molecule has 0 saturated carbocycles. The number of ether oxygens (including phenoxy) is 2. The van der Waals surface area contributed by atoms with Crippen LogP contribution < -0.4 is 0 Å². The van der Waals surface area contributed by atoms with Gasteiger partial charge in [-0.15, -0.1) is 0 Å². The zero-order chi connectivity index (χ0) is 41.1. The molecule has 0 spiro atoms. The number of benzene rings is 4. The number of hydrogen-bond donors (Lipinski definition) is 0. The van der Waals surface area contributed by atoms with Crippen LogP contribution in [0.3, 0.4) is 0 Å². The van der Waals surface area contributed by atoms with Crippen molar-refractivity contribution in [1.29, 1.82) is 0 Å². The van der Waals surface area contributed by atoms with E-state index in [0.717, 1.165) is 42.9 Å². The van der Waals surface area contributed by atoms with Crippen molar-refractivity contribution >= 4 is 104 Å². The van der Waals surface area contributed by atoms with E-state index in [4.69, 9.17) is 77.4 Å². The van der Waals surface area contributed by atoms with E-state index in [2.05, 4.69) is 22.6 Å². The lowest BCUT2D eigenvalue weighted by molar-refractivity contribution is 0.0516. The van der Waals surface area contributed by atoms with Crippen molar-refractivity contribution in [1.82, 2.24) is 18.8 Å². The maximum Gasteiger partial charge on any atom is 0.339 e. The number of nitrogens with zero attached hydrogens (tertiary/aromatic N) is 4. The highest BCUT2D eigenvalue weighted by molar-refractivity contribution is 14.1. The van der Waals surface area contributed by atoms with Crippen molar-refractivity contribution < 1.29 is 19.1 Å². The van der Waals surface area contributed by atoms with E-state index < -0.39 is 5.97 Å². The first-order valence-electron chi connectivity index (χ1n) is 17.8. The fraction of sp³-hybridized carbons (Fsp3) is 0.0909. The van der Waals surface area contributed by atoms with Crippen LogP contribution in [0, 0.1) is 3.57 Å². The van der Waals surface area contributed by atoms with Crippen molar-refractivity contribution in [3.8, 4) is 45.0 Å². The molecule has 0 atom stereocenters. The van der Waals surface area contributed by atoms with Crippen LogP contribution in [0.4, 0.5) is 0 Å². The monoisotopic (exact) mass is 980 g/mol. The van der Waals surface area contributed by atoms with Crippen molar-refractivity contribution in [2.24, 2.45) is 0 Å². The Bertz CT molecular complexity index is 2810. The molecule has 4 heterocycles. The highest BCUT2D eigenvalue weighted by atomic mass is 127. The molecule has 4 aromatic carbocycles. The quantitative estimate of drug-likeness (QED) is 0.111. The first kappa shape index (κ1) is 41.5. The normalized spacial score (nSPS) is 11.0. The Hall–Kier alpha value is -4.62. The molecule has 58 heavy (non-hydrogen) atoms. The van der Waals surface area contributed by atoms with Crippen molar-refractivity contribution in [2.45, 2.75) is 13.8 Å². The maximum absolute atomic E-state index is 12.4. The standard InChI is InChI=1S/C22H15Cl3N2O2.C22H15Cl2IN2O2/c1-2-29-22(28)14-10-18(25)21-26-19(13-6-4-3-5-7-13)20(27(21)12-14)16-9-8-15(23)11-17(16)24;1-2-29-22(28)15-11-18(25)21-26-19(13-3-7-16(23)8-4-13)20(27(21)12-15)14-5-9-17(24)10-6-14/h2*3-12H,2H2,1H3. The van der Waals surface area contributed by atoms with Gasteiger partial charge in [-0.1, -0.05) is 113 Å². The number of carbonyl (C=O) groups is 2.